The maximum atomic E-state index is 12.2. The fourth-order valence-electron chi connectivity index (χ4n) is 2.78. The number of carboxylic acid groups (broad SMARTS) is 1. The summed E-state index contributed by atoms with van der Waals surface area (Å²) < 4.78 is 1.21. The van der Waals surface area contributed by atoms with Gasteiger partial charge in [0.15, 0.2) is 0 Å². The lowest BCUT2D eigenvalue weighted by molar-refractivity contribution is -0.138. The second-order valence-corrected chi connectivity index (χ2v) is 5.84. The van der Waals surface area contributed by atoms with E-state index in [1.807, 2.05) is 0 Å². The molecule has 4 N–H and O–H groups in total. The largest absolute Gasteiger partial charge is 0.480 e. The second-order valence-electron chi connectivity index (χ2n) is 5.84. The van der Waals surface area contributed by atoms with Crippen molar-refractivity contribution in [1.29, 1.82) is 0 Å². The lowest BCUT2D eigenvalue weighted by atomic mass is 9.76. The number of nitrogens with zero attached hydrogens (tertiary/aromatic N) is 3. The zero-order valence-electron chi connectivity index (χ0n) is 12.1. The summed E-state index contributed by atoms with van der Waals surface area (Å²) in [5, 5.41) is 18.9. The Morgan fingerprint density at radius 1 is 1.62 bits per heavy atom. The number of carbonyl (C=O) groups excluding carboxylic acids is 1. The van der Waals surface area contributed by atoms with E-state index in [2.05, 4.69) is 22.6 Å². The molecule has 1 saturated carbocycles. The topological polar surface area (TPSA) is 123 Å². The van der Waals surface area contributed by atoms with Crippen molar-refractivity contribution in [2.24, 2.45) is 11.7 Å². The van der Waals surface area contributed by atoms with Gasteiger partial charge in [-0.2, -0.15) is 0 Å². The predicted octanol–water partition coefficient (Wildman–Crippen LogP) is -0.113. The minimum absolute atomic E-state index is 0.179. The number of carboxylic acids is 1. The van der Waals surface area contributed by atoms with Gasteiger partial charge in [0, 0.05) is 0 Å². The van der Waals surface area contributed by atoms with E-state index in [0.29, 0.717) is 24.5 Å². The predicted molar refractivity (Wildman–Crippen MR) is 74.1 cm³/mol. The number of carbonyl (C=O) groups is 2. The van der Waals surface area contributed by atoms with E-state index in [0.717, 1.165) is 12.8 Å². The van der Waals surface area contributed by atoms with E-state index in [9.17, 15) is 9.59 Å². The molecular weight excluding hydrogens is 274 g/mol. The van der Waals surface area contributed by atoms with Crippen LogP contribution >= 0.6 is 0 Å². The van der Waals surface area contributed by atoms with Gasteiger partial charge in [-0.15, -0.1) is 5.10 Å². The van der Waals surface area contributed by atoms with Crippen LogP contribution in [0.3, 0.4) is 0 Å². The molecule has 2 unspecified atom stereocenters. The molecule has 0 saturated heterocycles. The molecule has 1 aliphatic carbocycles. The smallest absolute Gasteiger partial charge is 0.325 e. The van der Waals surface area contributed by atoms with E-state index < -0.39 is 11.5 Å². The van der Waals surface area contributed by atoms with Crippen molar-refractivity contribution in [3.05, 3.63) is 11.9 Å². The maximum Gasteiger partial charge on any atom is 0.325 e. The normalized spacial score (nSPS) is 25.5. The Bertz CT molecular complexity index is 530. The molecule has 0 radical (unpaired) electrons. The van der Waals surface area contributed by atoms with E-state index >= 15 is 0 Å². The molecule has 0 spiro atoms. The van der Waals surface area contributed by atoms with E-state index in [1.54, 1.807) is 0 Å². The molecule has 2 rings (SSSR count). The molecule has 1 heterocycles. The lowest BCUT2D eigenvalue weighted by Gasteiger charge is -2.35. The van der Waals surface area contributed by atoms with Crippen LogP contribution in [-0.4, -0.2) is 37.5 Å². The van der Waals surface area contributed by atoms with Gasteiger partial charge in [-0.3, -0.25) is 9.59 Å². The Hall–Kier alpha value is -1.96. The first-order chi connectivity index (χ1) is 9.89. The molecule has 1 amide bonds. The third kappa shape index (κ3) is 4.01. The van der Waals surface area contributed by atoms with Crippen molar-refractivity contribution in [2.75, 3.05) is 0 Å². The van der Waals surface area contributed by atoms with Gasteiger partial charge in [-0.25, -0.2) is 4.68 Å². The monoisotopic (exact) mass is 295 g/mol. The Labute approximate surface area is 122 Å². The Morgan fingerprint density at radius 3 is 3.05 bits per heavy atom. The number of aromatic nitrogens is 3. The fraction of sp³-hybridized carbons (Fsp3) is 0.692. The number of hydrogen-bond donors (Lipinski definition) is 3. The number of nitrogens with two attached hydrogens (primary N) is 1. The lowest BCUT2D eigenvalue weighted by Crippen LogP contribution is -2.56. The summed E-state index contributed by atoms with van der Waals surface area (Å²) in [6.45, 7) is 2.05. The highest BCUT2D eigenvalue weighted by molar-refractivity contribution is 5.86. The van der Waals surface area contributed by atoms with E-state index in [-0.39, 0.29) is 19.0 Å². The molecule has 1 aromatic rings. The first-order valence-corrected chi connectivity index (χ1v) is 7.07. The highest BCUT2D eigenvalue weighted by Gasteiger charge is 2.37. The Balaban J connectivity index is 1.88. The summed E-state index contributed by atoms with van der Waals surface area (Å²) in [6.07, 6.45) is 4.94. The molecule has 8 heteroatoms. The zero-order valence-corrected chi connectivity index (χ0v) is 12.1. The number of hydrogen-bond acceptors (Lipinski definition) is 5. The van der Waals surface area contributed by atoms with Gasteiger partial charge in [0.1, 0.15) is 12.2 Å². The Morgan fingerprint density at radius 2 is 2.38 bits per heavy atom. The molecule has 1 fully saturated rings. The van der Waals surface area contributed by atoms with Gasteiger partial charge in [0.2, 0.25) is 5.91 Å². The van der Waals surface area contributed by atoms with Gasteiger partial charge in [-0.1, -0.05) is 25.0 Å². The maximum absolute atomic E-state index is 12.2. The molecule has 21 heavy (non-hydrogen) atoms. The van der Waals surface area contributed by atoms with Gasteiger partial charge in [-0.05, 0) is 18.8 Å². The van der Waals surface area contributed by atoms with Gasteiger partial charge < -0.3 is 16.2 Å². The average molecular weight is 295 g/mol. The summed E-state index contributed by atoms with van der Waals surface area (Å²) in [4.78, 5) is 22.8. The summed E-state index contributed by atoms with van der Waals surface area (Å²) in [6, 6.07) is 0. The summed E-state index contributed by atoms with van der Waals surface area (Å²) in [7, 11) is 0. The fourth-order valence-corrected chi connectivity index (χ4v) is 2.78. The number of aliphatic carboxylic acids is 1. The summed E-state index contributed by atoms with van der Waals surface area (Å²) >= 11 is 0. The minimum atomic E-state index is -0.993. The van der Waals surface area contributed by atoms with Crippen molar-refractivity contribution in [3.63, 3.8) is 0 Å². The van der Waals surface area contributed by atoms with Crippen molar-refractivity contribution in [3.8, 4) is 0 Å². The van der Waals surface area contributed by atoms with Crippen molar-refractivity contribution in [2.45, 2.75) is 51.2 Å². The summed E-state index contributed by atoms with van der Waals surface area (Å²) in [5.41, 5.74) is 5.90. The van der Waals surface area contributed by atoms with Crippen molar-refractivity contribution >= 4 is 11.9 Å². The molecule has 1 aromatic heterocycles. The van der Waals surface area contributed by atoms with Crippen LogP contribution in [0.1, 0.15) is 38.3 Å². The molecule has 8 nitrogen and oxygen atoms in total. The van der Waals surface area contributed by atoms with E-state index in [4.69, 9.17) is 10.8 Å². The SMILES string of the molecule is CC1CCCC(N)(C(=O)NCc2cn(CC(=O)O)nn2)C1. The van der Waals surface area contributed by atoms with Gasteiger partial charge >= 0.3 is 5.97 Å². The van der Waals surface area contributed by atoms with Gasteiger partial charge in [0.25, 0.3) is 0 Å². The van der Waals surface area contributed by atoms with Crippen LogP contribution in [0.15, 0.2) is 6.20 Å². The third-order valence-corrected chi connectivity index (χ3v) is 3.80. The van der Waals surface area contributed by atoms with Crippen LogP contribution in [0.4, 0.5) is 0 Å². The number of rotatable bonds is 5. The quantitative estimate of drug-likeness (QED) is 0.696. The second kappa shape index (κ2) is 6.21. The number of nitrogens with one attached hydrogen (secondary N) is 1. The summed E-state index contributed by atoms with van der Waals surface area (Å²) in [5.74, 6) is -0.722. The van der Waals surface area contributed by atoms with Crippen LogP contribution in [0.25, 0.3) is 0 Å². The molecular formula is C13H21N5O3. The standard InChI is InChI=1S/C13H21N5O3/c1-9-3-2-4-13(14,5-9)12(21)15-6-10-7-18(17-16-10)8-11(19)20/h7,9H,2-6,8,14H2,1H3,(H,15,21)(H,19,20). The van der Waals surface area contributed by atoms with Crippen LogP contribution in [0.2, 0.25) is 0 Å². The molecule has 0 bridgehead atoms. The molecule has 0 aliphatic heterocycles. The first kappa shape index (κ1) is 15.4. The zero-order chi connectivity index (χ0) is 15.5. The van der Waals surface area contributed by atoms with Crippen molar-refractivity contribution in [1.82, 2.24) is 20.3 Å². The van der Waals surface area contributed by atoms with Crippen LogP contribution in [-0.2, 0) is 22.7 Å². The highest BCUT2D eigenvalue weighted by atomic mass is 16.4. The van der Waals surface area contributed by atoms with E-state index in [1.165, 1.54) is 10.9 Å². The van der Waals surface area contributed by atoms with Gasteiger partial charge in [0.05, 0.1) is 18.3 Å². The molecule has 0 aromatic carbocycles. The van der Waals surface area contributed by atoms with Crippen LogP contribution in [0, 0.1) is 5.92 Å². The molecule has 2 atom stereocenters. The molecule has 116 valence electrons. The molecule has 1 aliphatic rings. The highest BCUT2D eigenvalue weighted by Crippen LogP contribution is 2.30. The van der Waals surface area contributed by atoms with Crippen LogP contribution < -0.4 is 11.1 Å². The van der Waals surface area contributed by atoms with Crippen LogP contribution in [0.5, 0.6) is 0 Å². The average Bonchev–Trinajstić information content (AvgIpc) is 2.82. The number of amides is 1. The third-order valence-electron chi connectivity index (χ3n) is 3.80. The minimum Gasteiger partial charge on any atom is -0.480 e. The van der Waals surface area contributed by atoms with Crippen molar-refractivity contribution < 1.29 is 14.7 Å². The first-order valence-electron chi connectivity index (χ1n) is 7.07. The Kier molecular flexibility index (Phi) is 4.56.